The Balaban J connectivity index is 1.66. The summed E-state index contributed by atoms with van der Waals surface area (Å²) in [5.74, 6) is 0.216. The number of thiocarbonyl (C=S) groups is 1. The van der Waals surface area contributed by atoms with Crippen molar-refractivity contribution >= 4 is 46.3 Å². The van der Waals surface area contributed by atoms with Crippen molar-refractivity contribution in [3.63, 3.8) is 0 Å². The van der Waals surface area contributed by atoms with E-state index in [1.54, 1.807) is 42.5 Å². The lowest BCUT2D eigenvalue weighted by Crippen LogP contribution is -2.17. The van der Waals surface area contributed by atoms with Crippen LogP contribution in [0.25, 0.3) is 6.08 Å². The molecule has 3 rings (SSSR count). The van der Waals surface area contributed by atoms with Gasteiger partial charge in [-0.2, -0.15) is 0 Å². The molecule has 1 amide bonds. The number of hydrogen-bond donors (Lipinski definition) is 2. The van der Waals surface area contributed by atoms with Crippen LogP contribution in [0.2, 0.25) is 0 Å². The zero-order chi connectivity index (χ0) is 17.8. The van der Waals surface area contributed by atoms with Gasteiger partial charge in [-0.05, 0) is 41.5 Å². The number of carbonyl (C=O) groups excluding carboxylic acids is 1. The molecule has 1 fully saturated rings. The smallest absolute Gasteiger partial charge is 0.307 e. The van der Waals surface area contributed by atoms with Crippen LogP contribution in [0.5, 0.6) is 11.5 Å². The molecule has 126 valence electrons. The van der Waals surface area contributed by atoms with Crippen LogP contribution in [0.1, 0.15) is 11.1 Å². The van der Waals surface area contributed by atoms with Crippen molar-refractivity contribution in [3.05, 3.63) is 64.6 Å². The Hall–Kier alpha value is -2.64. The highest BCUT2D eigenvalue weighted by Gasteiger charge is 2.21. The fraction of sp³-hybridized carbons (Fsp3) is 0.0556. The Labute approximate surface area is 153 Å². The molecular weight excluding hydrogens is 358 g/mol. The largest absolute Gasteiger partial charge is 0.481 e. The number of ether oxygens (including phenoxy) is 1. The zero-order valence-corrected chi connectivity index (χ0v) is 14.5. The van der Waals surface area contributed by atoms with Gasteiger partial charge in [0.1, 0.15) is 15.8 Å². The molecule has 1 saturated heterocycles. The first-order chi connectivity index (χ1) is 12.0. The number of nitrogens with one attached hydrogen (secondary N) is 1. The summed E-state index contributed by atoms with van der Waals surface area (Å²) in [4.78, 5) is 22.9. The van der Waals surface area contributed by atoms with Gasteiger partial charge in [-0.25, -0.2) is 0 Å². The summed E-state index contributed by atoms with van der Waals surface area (Å²) in [5, 5.41) is 11.3. The van der Waals surface area contributed by atoms with Gasteiger partial charge < -0.3 is 15.2 Å². The average molecular weight is 371 g/mol. The highest BCUT2D eigenvalue weighted by Crippen LogP contribution is 2.27. The summed E-state index contributed by atoms with van der Waals surface area (Å²) in [6.07, 6.45) is 1.75. The lowest BCUT2D eigenvalue weighted by molar-refractivity contribution is -0.136. The van der Waals surface area contributed by atoms with Gasteiger partial charge in [0.05, 0.1) is 11.3 Å². The minimum Gasteiger partial charge on any atom is -0.481 e. The Bertz CT molecular complexity index is 858. The van der Waals surface area contributed by atoms with E-state index in [1.165, 1.54) is 11.8 Å². The van der Waals surface area contributed by atoms with Crippen molar-refractivity contribution in [3.8, 4) is 11.5 Å². The third-order valence-corrected chi connectivity index (χ3v) is 4.50. The SMILES string of the molecule is O=C(O)Cc1ccc(Oc2ccc(C=C3SC(=S)NC3=O)cc2)cc1. The van der Waals surface area contributed by atoms with Gasteiger partial charge in [0.25, 0.3) is 5.91 Å². The van der Waals surface area contributed by atoms with Gasteiger partial charge in [-0.15, -0.1) is 0 Å². The predicted molar refractivity (Wildman–Crippen MR) is 101 cm³/mol. The second kappa shape index (κ2) is 7.50. The maximum Gasteiger partial charge on any atom is 0.307 e. The quantitative estimate of drug-likeness (QED) is 0.618. The van der Waals surface area contributed by atoms with Gasteiger partial charge in [0.15, 0.2) is 0 Å². The second-order valence-electron chi connectivity index (χ2n) is 5.24. The highest BCUT2D eigenvalue weighted by molar-refractivity contribution is 8.26. The molecule has 1 heterocycles. The van der Waals surface area contributed by atoms with Crippen LogP contribution in [0.3, 0.4) is 0 Å². The number of hydrogen-bond acceptors (Lipinski definition) is 5. The molecule has 0 bridgehead atoms. The van der Waals surface area contributed by atoms with E-state index in [4.69, 9.17) is 22.1 Å². The fourth-order valence-corrected chi connectivity index (χ4v) is 3.23. The monoisotopic (exact) mass is 371 g/mol. The summed E-state index contributed by atoms with van der Waals surface area (Å²) in [5.41, 5.74) is 1.58. The zero-order valence-electron chi connectivity index (χ0n) is 12.9. The molecule has 1 aliphatic rings. The fourth-order valence-electron chi connectivity index (χ4n) is 2.19. The maximum absolute atomic E-state index is 11.6. The molecule has 0 aromatic heterocycles. The molecule has 0 radical (unpaired) electrons. The van der Waals surface area contributed by atoms with Crippen LogP contribution < -0.4 is 10.1 Å². The average Bonchev–Trinajstić information content (AvgIpc) is 2.88. The minimum atomic E-state index is -0.867. The summed E-state index contributed by atoms with van der Waals surface area (Å²) in [6, 6.07) is 14.2. The lowest BCUT2D eigenvalue weighted by atomic mass is 10.1. The molecule has 1 aliphatic heterocycles. The Morgan fingerprint density at radius 1 is 1.12 bits per heavy atom. The van der Waals surface area contributed by atoms with Crippen LogP contribution in [0.15, 0.2) is 53.4 Å². The van der Waals surface area contributed by atoms with Crippen LogP contribution in [-0.2, 0) is 16.0 Å². The number of benzene rings is 2. The topological polar surface area (TPSA) is 75.6 Å². The van der Waals surface area contributed by atoms with Crippen molar-refractivity contribution in [2.75, 3.05) is 0 Å². The number of amides is 1. The summed E-state index contributed by atoms with van der Waals surface area (Å²) < 4.78 is 6.19. The number of carboxylic acid groups (broad SMARTS) is 1. The molecule has 2 aromatic rings. The van der Waals surface area contributed by atoms with Crippen LogP contribution >= 0.6 is 24.0 Å². The van der Waals surface area contributed by atoms with E-state index in [0.717, 1.165) is 5.56 Å². The molecule has 0 spiro atoms. The van der Waals surface area contributed by atoms with Crippen LogP contribution in [0.4, 0.5) is 0 Å². The summed E-state index contributed by atoms with van der Waals surface area (Å²) >= 11 is 6.19. The molecule has 25 heavy (non-hydrogen) atoms. The first-order valence-corrected chi connectivity index (χ1v) is 8.55. The number of carbonyl (C=O) groups is 2. The van der Waals surface area contributed by atoms with E-state index in [-0.39, 0.29) is 12.3 Å². The van der Waals surface area contributed by atoms with Gasteiger partial charge in [-0.3, -0.25) is 9.59 Å². The van der Waals surface area contributed by atoms with E-state index < -0.39 is 5.97 Å². The molecule has 2 aromatic carbocycles. The minimum absolute atomic E-state index is 0.0152. The van der Waals surface area contributed by atoms with Crippen molar-refractivity contribution in [2.24, 2.45) is 0 Å². The molecule has 0 saturated carbocycles. The Morgan fingerprint density at radius 3 is 2.24 bits per heavy atom. The van der Waals surface area contributed by atoms with E-state index in [0.29, 0.717) is 26.3 Å². The molecule has 0 atom stereocenters. The van der Waals surface area contributed by atoms with Gasteiger partial charge >= 0.3 is 5.97 Å². The Kier molecular flexibility index (Phi) is 5.16. The number of carboxylic acids is 1. The van der Waals surface area contributed by atoms with Crippen LogP contribution in [-0.4, -0.2) is 21.3 Å². The molecular formula is C18H13NO4S2. The summed E-state index contributed by atoms with van der Waals surface area (Å²) in [7, 11) is 0. The summed E-state index contributed by atoms with van der Waals surface area (Å²) in [6.45, 7) is 0. The molecule has 0 unspecified atom stereocenters. The lowest BCUT2D eigenvalue weighted by Gasteiger charge is -2.07. The van der Waals surface area contributed by atoms with E-state index in [9.17, 15) is 9.59 Å². The predicted octanol–water partition coefficient (Wildman–Crippen LogP) is 3.59. The molecule has 5 nitrogen and oxygen atoms in total. The number of rotatable bonds is 5. The van der Waals surface area contributed by atoms with E-state index in [1.807, 2.05) is 12.1 Å². The van der Waals surface area contributed by atoms with Gasteiger partial charge in [-0.1, -0.05) is 48.2 Å². The van der Waals surface area contributed by atoms with E-state index >= 15 is 0 Å². The van der Waals surface area contributed by atoms with E-state index in [2.05, 4.69) is 5.32 Å². The first kappa shape index (κ1) is 17.2. The van der Waals surface area contributed by atoms with Crippen molar-refractivity contribution in [1.82, 2.24) is 5.32 Å². The van der Waals surface area contributed by atoms with Gasteiger partial charge in [0, 0.05) is 0 Å². The molecule has 7 heteroatoms. The number of aliphatic carboxylic acids is 1. The third-order valence-electron chi connectivity index (χ3n) is 3.33. The van der Waals surface area contributed by atoms with Crippen molar-refractivity contribution in [1.29, 1.82) is 0 Å². The third kappa shape index (κ3) is 4.68. The molecule has 2 N–H and O–H groups in total. The molecule has 0 aliphatic carbocycles. The van der Waals surface area contributed by atoms with Crippen molar-refractivity contribution in [2.45, 2.75) is 6.42 Å². The highest BCUT2D eigenvalue weighted by atomic mass is 32.2. The van der Waals surface area contributed by atoms with Crippen LogP contribution in [0, 0.1) is 0 Å². The second-order valence-corrected chi connectivity index (χ2v) is 6.96. The Morgan fingerprint density at radius 2 is 1.72 bits per heavy atom. The maximum atomic E-state index is 11.6. The first-order valence-electron chi connectivity index (χ1n) is 7.33. The number of thioether (sulfide) groups is 1. The standard InChI is InChI=1S/C18H13NO4S2/c20-16(21)10-12-3-7-14(8-4-12)23-13-5-1-11(2-6-13)9-15-17(22)19-18(24)25-15/h1-9H,10H2,(H,20,21)(H,19,22,24). The van der Waals surface area contributed by atoms with Crippen molar-refractivity contribution < 1.29 is 19.4 Å². The normalized spacial score (nSPS) is 15.3. The van der Waals surface area contributed by atoms with Gasteiger partial charge in [0.2, 0.25) is 0 Å².